The lowest BCUT2D eigenvalue weighted by Gasteiger charge is -2.55. The maximum absolute atomic E-state index is 13.3. The highest BCUT2D eigenvalue weighted by Gasteiger charge is 2.46. The minimum atomic E-state index is -0.886. The number of nitrogens with zero attached hydrogens (tertiary/aromatic N) is 3. The number of rotatable bonds is 6. The number of piperidine rings is 1. The molecule has 1 aromatic carbocycles. The van der Waals surface area contributed by atoms with E-state index in [2.05, 4.69) is 4.90 Å². The normalized spacial score (nSPS) is 19.4. The quantitative estimate of drug-likeness (QED) is 0.546. The zero-order valence-electron chi connectivity index (χ0n) is 24.0. The van der Waals surface area contributed by atoms with Crippen molar-refractivity contribution in [3.63, 3.8) is 0 Å². The number of anilines is 1. The Kier molecular flexibility index (Phi) is 7.62. The fourth-order valence-electron chi connectivity index (χ4n) is 5.61. The smallest absolute Gasteiger partial charge is 0.410 e. The average Bonchev–Trinajstić information content (AvgIpc) is 3.10. The fraction of sp³-hybridized carbons (Fsp3) is 0.655. The lowest BCUT2D eigenvalue weighted by Crippen LogP contribution is -2.61. The minimum Gasteiger partial charge on any atom is -0.460 e. The molecule has 1 atom stereocenters. The Hall–Kier alpha value is -3.30. The molecule has 0 bridgehead atoms. The van der Waals surface area contributed by atoms with Gasteiger partial charge in [-0.3, -0.25) is 14.4 Å². The number of esters is 1. The molecule has 3 aliphatic heterocycles. The van der Waals surface area contributed by atoms with E-state index in [0.717, 1.165) is 37.2 Å². The van der Waals surface area contributed by atoms with Crippen LogP contribution < -0.4 is 10.6 Å². The van der Waals surface area contributed by atoms with Crippen LogP contribution >= 0.6 is 0 Å². The number of amides is 3. The Bertz CT molecular complexity index is 1140. The van der Waals surface area contributed by atoms with Crippen molar-refractivity contribution in [2.24, 2.45) is 11.1 Å². The fourth-order valence-corrected chi connectivity index (χ4v) is 5.61. The lowest BCUT2D eigenvalue weighted by atomic mass is 9.72. The molecule has 3 heterocycles. The van der Waals surface area contributed by atoms with Gasteiger partial charge in [-0.15, -0.1) is 0 Å². The second-order valence-electron chi connectivity index (χ2n) is 13.1. The molecular formula is C29H42N4O6. The summed E-state index contributed by atoms with van der Waals surface area (Å²) in [4.78, 5) is 55.7. The average molecular weight is 543 g/mol. The summed E-state index contributed by atoms with van der Waals surface area (Å²) in [6, 6.07) is 4.96. The van der Waals surface area contributed by atoms with Gasteiger partial charge in [0.25, 0.3) is 5.91 Å². The number of carbonyl (C=O) groups excluding carboxylic acids is 4. The maximum atomic E-state index is 13.3. The van der Waals surface area contributed by atoms with Gasteiger partial charge in [0.1, 0.15) is 17.2 Å². The molecule has 2 N–H and O–H groups in total. The number of nitrogens with two attached hydrogens (primary N) is 1. The minimum absolute atomic E-state index is 0.00251. The predicted molar refractivity (Wildman–Crippen MR) is 146 cm³/mol. The summed E-state index contributed by atoms with van der Waals surface area (Å²) in [6.07, 6.45) is 1.69. The third-order valence-corrected chi connectivity index (χ3v) is 7.57. The molecule has 0 aromatic heterocycles. The molecule has 1 aromatic rings. The summed E-state index contributed by atoms with van der Waals surface area (Å²) in [5, 5.41) is 0. The Balaban J connectivity index is 1.34. The van der Waals surface area contributed by atoms with Crippen LogP contribution in [0, 0.1) is 5.41 Å². The first-order chi connectivity index (χ1) is 18.1. The number of benzene rings is 1. The Morgan fingerprint density at radius 3 is 2.18 bits per heavy atom. The largest absolute Gasteiger partial charge is 0.460 e. The number of likely N-dealkylation sites (tertiary alicyclic amines) is 1. The van der Waals surface area contributed by atoms with E-state index in [1.807, 2.05) is 39.0 Å². The van der Waals surface area contributed by atoms with Crippen LogP contribution in [0.15, 0.2) is 18.2 Å². The molecular weight excluding hydrogens is 500 g/mol. The predicted octanol–water partition coefficient (Wildman–Crippen LogP) is 3.46. The summed E-state index contributed by atoms with van der Waals surface area (Å²) in [5.41, 5.74) is 7.05. The van der Waals surface area contributed by atoms with Crippen LogP contribution in [0.2, 0.25) is 0 Å². The first-order valence-corrected chi connectivity index (χ1v) is 13.7. The van der Waals surface area contributed by atoms with E-state index in [0.29, 0.717) is 18.7 Å². The van der Waals surface area contributed by atoms with E-state index in [1.54, 1.807) is 25.7 Å². The molecule has 2 fully saturated rings. The Labute approximate surface area is 230 Å². The highest BCUT2D eigenvalue weighted by atomic mass is 16.6. The molecule has 4 rings (SSSR count). The van der Waals surface area contributed by atoms with Gasteiger partial charge in [-0.25, -0.2) is 4.79 Å². The number of fused-ring (bicyclic) bond motifs is 1. The van der Waals surface area contributed by atoms with Crippen LogP contribution in [0.1, 0.15) is 83.1 Å². The van der Waals surface area contributed by atoms with E-state index >= 15 is 0 Å². The van der Waals surface area contributed by atoms with Gasteiger partial charge in [0.2, 0.25) is 5.91 Å². The summed E-state index contributed by atoms with van der Waals surface area (Å²) in [7, 11) is 0. The van der Waals surface area contributed by atoms with E-state index in [1.165, 1.54) is 4.90 Å². The first-order valence-electron chi connectivity index (χ1n) is 13.7. The second kappa shape index (κ2) is 10.4. The van der Waals surface area contributed by atoms with E-state index in [-0.39, 0.29) is 36.8 Å². The first kappa shape index (κ1) is 28.7. The van der Waals surface area contributed by atoms with Crippen LogP contribution in [0.3, 0.4) is 0 Å². The van der Waals surface area contributed by atoms with Crippen molar-refractivity contribution in [3.8, 4) is 0 Å². The standard InChI is InChI=1S/C29H42N4O6/c1-27(2,3)38-23(34)10-9-22(24(30)35)33-16-19-7-8-20(15-21(19)25(33)36)32-17-29(18-32)11-13-31(14-12-29)26(37)39-28(4,5)6/h7-8,15,22H,9-14,16-18H2,1-6H3,(H2,30,35). The van der Waals surface area contributed by atoms with Crippen LogP contribution in [0.5, 0.6) is 0 Å². The molecule has 0 aliphatic carbocycles. The van der Waals surface area contributed by atoms with E-state index in [4.69, 9.17) is 15.2 Å². The highest BCUT2D eigenvalue weighted by molar-refractivity contribution is 6.01. The second-order valence-corrected chi connectivity index (χ2v) is 13.1. The van der Waals surface area contributed by atoms with Crippen molar-refractivity contribution < 1.29 is 28.7 Å². The van der Waals surface area contributed by atoms with Crippen LogP contribution in [0.25, 0.3) is 0 Å². The van der Waals surface area contributed by atoms with E-state index < -0.39 is 29.1 Å². The van der Waals surface area contributed by atoms with Crippen molar-refractivity contribution in [3.05, 3.63) is 29.3 Å². The van der Waals surface area contributed by atoms with Gasteiger partial charge in [-0.05, 0) is 78.5 Å². The maximum Gasteiger partial charge on any atom is 0.410 e. The Morgan fingerprint density at radius 1 is 1.00 bits per heavy atom. The SMILES string of the molecule is CC(C)(C)OC(=O)CCC(C(N)=O)N1Cc2ccc(N3CC4(CCN(C(=O)OC(C)(C)C)CC4)C3)cc2C1=O. The molecule has 1 spiro atoms. The molecule has 10 nitrogen and oxygen atoms in total. The molecule has 3 aliphatic rings. The van der Waals surface area contributed by atoms with Crippen molar-refractivity contribution in [2.45, 2.75) is 91.0 Å². The summed E-state index contributed by atoms with van der Waals surface area (Å²) in [6.45, 7) is 14.3. The topological polar surface area (TPSA) is 122 Å². The zero-order valence-corrected chi connectivity index (χ0v) is 24.0. The zero-order chi connectivity index (χ0) is 28.8. The molecule has 0 saturated carbocycles. The summed E-state index contributed by atoms with van der Waals surface area (Å²) in [5.74, 6) is -1.31. The van der Waals surface area contributed by atoms with Crippen molar-refractivity contribution in [1.29, 1.82) is 0 Å². The number of primary amides is 1. The molecule has 39 heavy (non-hydrogen) atoms. The highest BCUT2D eigenvalue weighted by Crippen LogP contribution is 2.43. The molecule has 0 radical (unpaired) electrons. The van der Waals surface area contributed by atoms with Gasteiger partial charge in [-0.1, -0.05) is 6.07 Å². The molecule has 1 unspecified atom stereocenters. The third-order valence-electron chi connectivity index (χ3n) is 7.57. The molecule has 2 saturated heterocycles. The van der Waals surface area contributed by atoms with Gasteiger partial charge < -0.3 is 29.9 Å². The Morgan fingerprint density at radius 2 is 1.62 bits per heavy atom. The number of carbonyl (C=O) groups is 4. The van der Waals surface area contributed by atoms with Crippen LogP contribution in [-0.4, -0.2) is 77.1 Å². The van der Waals surface area contributed by atoms with E-state index in [9.17, 15) is 19.2 Å². The van der Waals surface area contributed by atoms with Gasteiger partial charge >= 0.3 is 12.1 Å². The van der Waals surface area contributed by atoms with Crippen molar-refractivity contribution in [1.82, 2.24) is 9.80 Å². The van der Waals surface area contributed by atoms with Gasteiger partial charge in [0.05, 0.1) is 0 Å². The third kappa shape index (κ3) is 6.65. The summed E-state index contributed by atoms with van der Waals surface area (Å²) >= 11 is 0. The van der Waals surface area contributed by atoms with Gasteiger partial charge in [0, 0.05) is 55.8 Å². The van der Waals surface area contributed by atoms with Crippen LogP contribution in [-0.2, 0) is 25.6 Å². The van der Waals surface area contributed by atoms with Crippen molar-refractivity contribution >= 4 is 29.6 Å². The monoisotopic (exact) mass is 542 g/mol. The number of hydrogen-bond acceptors (Lipinski definition) is 7. The molecule has 214 valence electrons. The number of hydrogen-bond donors (Lipinski definition) is 1. The van der Waals surface area contributed by atoms with Gasteiger partial charge in [0.15, 0.2) is 0 Å². The number of ether oxygens (including phenoxy) is 2. The van der Waals surface area contributed by atoms with Crippen molar-refractivity contribution in [2.75, 3.05) is 31.1 Å². The van der Waals surface area contributed by atoms with Gasteiger partial charge in [-0.2, -0.15) is 0 Å². The van der Waals surface area contributed by atoms with Crippen LogP contribution in [0.4, 0.5) is 10.5 Å². The lowest BCUT2D eigenvalue weighted by molar-refractivity contribution is -0.155. The molecule has 3 amide bonds. The summed E-state index contributed by atoms with van der Waals surface area (Å²) < 4.78 is 10.9. The molecule has 10 heteroatoms.